The van der Waals surface area contributed by atoms with Crippen molar-refractivity contribution in [2.45, 2.75) is 6.92 Å². The van der Waals surface area contributed by atoms with Gasteiger partial charge in [-0.1, -0.05) is 28.1 Å². The smallest absolute Gasteiger partial charge is 0.256 e. The van der Waals surface area contributed by atoms with Crippen molar-refractivity contribution in [2.75, 3.05) is 5.32 Å². The molecule has 0 saturated heterocycles. The predicted octanol–water partition coefficient (Wildman–Crippen LogP) is 4.91. The van der Waals surface area contributed by atoms with Gasteiger partial charge in [0.1, 0.15) is 5.82 Å². The van der Waals surface area contributed by atoms with Gasteiger partial charge in [0.25, 0.3) is 5.91 Å². The summed E-state index contributed by atoms with van der Waals surface area (Å²) in [5.74, 6) is -0.819. The molecule has 2 aromatic carbocycles. The number of hydrogen-bond acceptors (Lipinski definition) is 1. The van der Waals surface area contributed by atoms with E-state index < -0.39 is 5.82 Å². The number of halogens is 3. The van der Waals surface area contributed by atoms with Gasteiger partial charge in [0.05, 0.1) is 5.69 Å². The average molecular weight is 387 g/mol. The first-order valence-electron chi connectivity index (χ1n) is 5.51. The summed E-state index contributed by atoms with van der Waals surface area (Å²) in [6, 6.07) is 9.86. The molecule has 0 aliphatic carbocycles. The van der Waals surface area contributed by atoms with Gasteiger partial charge in [-0.15, -0.1) is 0 Å². The standard InChI is InChI=1S/C14H10Br2FNO/c1-8-9(4-2-5-10(8)15)14(19)18-13-11(16)6-3-7-12(13)17/h2-7H,1H3,(H,18,19). The van der Waals surface area contributed by atoms with Crippen LogP contribution in [0.3, 0.4) is 0 Å². The van der Waals surface area contributed by atoms with Crippen LogP contribution in [0.5, 0.6) is 0 Å². The SMILES string of the molecule is Cc1c(Br)cccc1C(=O)Nc1c(F)cccc1Br. The minimum absolute atomic E-state index is 0.145. The predicted molar refractivity (Wildman–Crippen MR) is 80.9 cm³/mol. The third-order valence-electron chi connectivity index (χ3n) is 2.71. The van der Waals surface area contributed by atoms with Gasteiger partial charge in [-0.05, 0) is 52.7 Å². The van der Waals surface area contributed by atoms with E-state index in [1.54, 1.807) is 24.3 Å². The van der Waals surface area contributed by atoms with Crippen molar-refractivity contribution >= 4 is 43.5 Å². The van der Waals surface area contributed by atoms with Crippen LogP contribution in [0.2, 0.25) is 0 Å². The Labute approximate surface area is 127 Å². The lowest BCUT2D eigenvalue weighted by Crippen LogP contribution is -2.15. The number of anilines is 1. The number of amides is 1. The fourth-order valence-corrected chi connectivity index (χ4v) is 2.46. The first-order chi connectivity index (χ1) is 9.00. The molecule has 2 rings (SSSR count). The highest BCUT2D eigenvalue weighted by molar-refractivity contribution is 9.10. The van der Waals surface area contributed by atoms with E-state index in [0.29, 0.717) is 10.0 Å². The summed E-state index contributed by atoms with van der Waals surface area (Å²) < 4.78 is 15.0. The van der Waals surface area contributed by atoms with Crippen molar-refractivity contribution in [3.8, 4) is 0 Å². The van der Waals surface area contributed by atoms with E-state index in [9.17, 15) is 9.18 Å². The largest absolute Gasteiger partial charge is 0.319 e. The maximum absolute atomic E-state index is 13.7. The average Bonchev–Trinajstić information content (AvgIpc) is 2.37. The Morgan fingerprint density at radius 2 is 1.74 bits per heavy atom. The number of benzene rings is 2. The lowest BCUT2D eigenvalue weighted by molar-refractivity contribution is 0.102. The molecule has 0 spiro atoms. The van der Waals surface area contributed by atoms with Gasteiger partial charge in [0.2, 0.25) is 0 Å². The highest BCUT2D eigenvalue weighted by atomic mass is 79.9. The zero-order valence-corrected chi connectivity index (χ0v) is 13.2. The van der Waals surface area contributed by atoms with Crippen LogP contribution in [0, 0.1) is 12.7 Å². The van der Waals surface area contributed by atoms with Crippen LogP contribution in [0.4, 0.5) is 10.1 Å². The Morgan fingerprint density at radius 1 is 1.11 bits per heavy atom. The van der Waals surface area contributed by atoms with Crippen molar-refractivity contribution in [1.29, 1.82) is 0 Å². The van der Waals surface area contributed by atoms with E-state index >= 15 is 0 Å². The summed E-state index contributed by atoms with van der Waals surface area (Å²) in [7, 11) is 0. The van der Waals surface area contributed by atoms with Crippen molar-refractivity contribution < 1.29 is 9.18 Å². The fourth-order valence-electron chi connectivity index (χ4n) is 1.65. The van der Waals surface area contributed by atoms with Crippen LogP contribution in [0.1, 0.15) is 15.9 Å². The van der Waals surface area contributed by atoms with Crippen LogP contribution in [-0.4, -0.2) is 5.91 Å². The molecule has 5 heteroatoms. The molecule has 0 radical (unpaired) electrons. The number of rotatable bonds is 2. The van der Waals surface area contributed by atoms with Gasteiger partial charge in [0, 0.05) is 14.5 Å². The minimum Gasteiger partial charge on any atom is -0.319 e. The summed E-state index contributed by atoms with van der Waals surface area (Å²) in [4.78, 5) is 12.2. The summed E-state index contributed by atoms with van der Waals surface area (Å²) >= 11 is 6.58. The molecule has 0 unspecified atom stereocenters. The lowest BCUT2D eigenvalue weighted by Gasteiger charge is -2.10. The van der Waals surface area contributed by atoms with Crippen molar-refractivity contribution in [2.24, 2.45) is 0 Å². The minimum atomic E-state index is -0.477. The molecule has 98 valence electrons. The number of para-hydroxylation sites is 1. The van der Waals surface area contributed by atoms with Gasteiger partial charge in [0.15, 0.2) is 0 Å². The number of carbonyl (C=O) groups is 1. The molecule has 0 aliphatic rings. The second kappa shape index (κ2) is 5.84. The van der Waals surface area contributed by atoms with Gasteiger partial charge in [-0.2, -0.15) is 0 Å². The van der Waals surface area contributed by atoms with Crippen LogP contribution in [0.25, 0.3) is 0 Å². The van der Waals surface area contributed by atoms with Gasteiger partial charge < -0.3 is 5.32 Å². The molecule has 2 aromatic rings. The summed E-state index contributed by atoms with van der Waals surface area (Å²) in [5.41, 5.74) is 1.46. The maximum atomic E-state index is 13.7. The molecule has 0 bridgehead atoms. The fraction of sp³-hybridized carbons (Fsp3) is 0.0714. The van der Waals surface area contributed by atoms with Crippen molar-refractivity contribution in [3.05, 3.63) is 62.3 Å². The van der Waals surface area contributed by atoms with Crippen LogP contribution in [0.15, 0.2) is 45.3 Å². The monoisotopic (exact) mass is 385 g/mol. The zero-order valence-electron chi connectivity index (χ0n) is 10.0. The number of hydrogen-bond donors (Lipinski definition) is 1. The molecular weight excluding hydrogens is 377 g/mol. The van der Waals surface area contributed by atoms with Crippen LogP contribution >= 0.6 is 31.9 Å². The van der Waals surface area contributed by atoms with Crippen molar-refractivity contribution in [1.82, 2.24) is 0 Å². The number of carbonyl (C=O) groups excluding carboxylic acids is 1. The van der Waals surface area contributed by atoms with Crippen LogP contribution < -0.4 is 5.32 Å². The van der Waals surface area contributed by atoms with E-state index in [1.165, 1.54) is 6.07 Å². The molecule has 0 aliphatic heterocycles. The van der Waals surface area contributed by atoms with E-state index in [-0.39, 0.29) is 11.6 Å². The molecule has 2 nitrogen and oxygen atoms in total. The van der Waals surface area contributed by atoms with Gasteiger partial charge in [-0.25, -0.2) is 4.39 Å². The molecule has 0 heterocycles. The molecular formula is C14H10Br2FNO. The first kappa shape index (κ1) is 14.2. The molecule has 0 atom stereocenters. The topological polar surface area (TPSA) is 29.1 Å². The van der Waals surface area contributed by atoms with E-state index in [0.717, 1.165) is 10.0 Å². The maximum Gasteiger partial charge on any atom is 0.256 e. The third-order valence-corrected chi connectivity index (χ3v) is 4.23. The summed E-state index contributed by atoms with van der Waals surface area (Å²) in [6.07, 6.45) is 0. The third kappa shape index (κ3) is 3.04. The van der Waals surface area contributed by atoms with Crippen molar-refractivity contribution in [3.63, 3.8) is 0 Å². The quantitative estimate of drug-likeness (QED) is 0.780. The number of nitrogens with one attached hydrogen (secondary N) is 1. The van der Waals surface area contributed by atoms with Gasteiger partial charge in [-0.3, -0.25) is 4.79 Å². The highest BCUT2D eigenvalue weighted by Gasteiger charge is 2.14. The highest BCUT2D eigenvalue weighted by Crippen LogP contribution is 2.27. The molecule has 0 saturated carbocycles. The first-order valence-corrected chi connectivity index (χ1v) is 7.10. The molecule has 1 N–H and O–H groups in total. The molecule has 0 fully saturated rings. The van der Waals surface area contributed by atoms with E-state index in [4.69, 9.17) is 0 Å². The Hall–Kier alpha value is -1.20. The zero-order chi connectivity index (χ0) is 14.0. The van der Waals surface area contributed by atoms with Crippen LogP contribution in [-0.2, 0) is 0 Å². The molecule has 19 heavy (non-hydrogen) atoms. The second-order valence-corrected chi connectivity index (χ2v) is 5.67. The molecule has 1 amide bonds. The van der Waals surface area contributed by atoms with Gasteiger partial charge >= 0.3 is 0 Å². The Bertz CT molecular complexity index is 623. The van der Waals surface area contributed by atoms with E-state index in [1.807, 2.05) is 13.0 Å². The summed E-state index contributed by atoms with van der Waals surface area (Å²) in [6.45, 7) is 1.83. The summed E-state index contributed by atoms with van der Waals surface area (Å²) in [5, 5.41) is 2.58. The van der Waals surface area contributed by atoms with E-state index in [2.05, 4.69) is 37.2 Å². The normalized spacial score (nSPS) is 10.3. The second-order valence-electron chi connectivity index (χ2n) is 3.96. The Morgan fingerprint density at radius 3 is 2.42 bits per heavy atom. The molecule has 0 aromatic heterocycles. The lowest BCUT2D eigenvalue weighted by atomic mass is 10.1. The Kier molecular flexibility index (Phi) is 4.37. The Balaban J connectivity index is 2.34.